The Morgan fingerprint density at radius 2 is 0.969 bits per heavy atom. The molecule has 0 radical (unpaired) electrons. The number of hydrogen-bond acceptors (Lipinski definition) is 4. The molecule has 2 aromatic rings. The van der Waals surface area contributed by atoms with E-state index in [2.05, 4.69) is 24.5 Å². The summed E-state index contributed by atoms with van der Waals surface area (Å²) >= 11 is 0. The maximum absolute atomic E-state index is 13.4. The van der Waals surface area contributed by atoms with Gasteiger partial charge in [0.1, 0.15) is 0 Å². The van der Waals surface area contributed by atoms with E-state index in [1.54, 1.807) is 12.1 Å². The molecule has 4 heteroatoms. The Balaban J connectivity index is 1.79. The Labute approximate surface area is 193 Å². The molecule has 0 saturated heterocycles. The van der Waals surface area contributed by atoms with Crippen LogP contribution in [0.15, 0.2) is 36.4 Å². The van der Waals surface area contributed by atoms with Crippen LogP contribution in [-0.2, 0) is 0 Å². The van der Waals surface area contributed by atoms with Crippen molar-refractivity contribution in [3.8, 4) is 0 Å². The predicted molar refractivity (Wildman–Crippen MR) is 134 cm³/mol. The van der Waals surface area contributed by atoms with Crippen molar-refractivity contribution >= 4 is 22.9 Å². The van der Waals surface area contributed by atoms with E-state index in [4.69, 9.17) is 0 Å². The fraction of sp³-hybridized carbons (Fsp3) is 0.500. The monoisotopic (exact) mass is 434 g/mol. The van der Waals surface area contributed by atoms with Gasteiger partial charge >= 0.3 is 0 Å². The largest absolute Gasteiger partial charge is 0.384 e. The normalized spacial score (nSPS) is 12.4. The van der Waals surface area contributed by atoms with Crippen LogP contribution in [0.3, 0.4) is 0 Å². The van der Waals surface area contributed by atoms with E-state index in [-0.39, 0.29) is 11.6 Å². The summed E-state index contributed by atoms with van der Waals surface area (Å²) in [7, 11) is 0. The second kappa shape index (κ2) is 12.4. The summed E-state index contributed by atoms with van der Waals surface area (Å²) < 4.78 is 0. The summed E-state index contributed by atoms with van der Waals surface area (Å²) in [6.07, 6.45) is 11.9. The predicted octanol–water partition coefficient (Wildman–Crippen LogP) is 7.23. The van der Waals surface area contributed by atoms with Crippen LogP contribution in [0.25, 0.3) is 0 Å². The van der Waals surface area contributed by atoms with Gasteiger partial charge in [-0.2, -0.15) is 0 Å². The van der Waals surface area contributed by atoms with Gasteiger partial charge < -0.3 is 10.6 Å². The first-order chi connectivity index (χ1) is 15.7. The third-order valence-corrected chi connectivity index (χ3v) is 6.27. The highest BCUT2D eigenvalue weighted by Crippen LogP contribution is 2.36. The highest BCUT2D eigenvalue weighted by molar-refractivity contribution is 6.31. The van der Waals surface area contributed by atoms with Crippen molar-refractivity contribution in [1.82, 2.24) is 0 Å². The number of fused-ring (bicyclic) bond motifs is 2. The maximum atomic E-state index is 13.4. The average molecular weight is 435 g/mol. The minimum absolute atomic E-state index is 0.0599. The molecule has 0 amide bonds. The molecule has 0 saturated carbocycles. The summed E-state index contributed by atoms with van der Waals surface area (Å²) in [5, 5.41) is 6.90. The van der Waals surface area contributed by atoms with E-state index in [0.29, 0.717) is 22.3 Å². The fourth-order valence-electron chi connectivity index (χ4n) is 4.42. The number of unbranched alkanes of at least 4 members (excludes halogenated alkanes) is 8. The lowest BCUT2D eigenvalue weighted by atomic mass is 9.82. The molecule has 0 unspecified atom stereocenters. The van der Waals surface area contributed by atoms with E-state index in [1.807, 2.05) is 24.3 Å². The summed E-state index contributed by atoms with van der Waals surface area (Å²) in [4.78, 5) is 26.9. The highest BCUT2D eigenvalue weighted by atomic mass is 16.1. The summed E-state index contributed by atoms with van der Waals surface area (Å²) in [5.74, 6) is -0.120. The molecule has 3 rings (SSSR count). The van der Waals surface area contributed by atoms with Crippen molar-refractivity contribution in [2.45, 2.75) is 78.1 Å². The summed E-state index contributed by atoms with van der Waals surface area (Å²) in [6.45, 7) is 6.05. The molecule has 0 bridgehead atoms. The second-order valence-electron chi connectivity index (χ2n) is 8.80. The molecule has 2 N–H and O–H groups in total. The van der Waals surface area contributed by atoms with Crippen LogP contribution in [0.5, 0.6) is 0 Å². The third-order valence-electron chi connectivity index (χ3n) is 6.27. The molecule has 4 nitrogen and oxygen atoms in total. The van der Waals surface area contributed by atoms with Crippen molar-refractivity contribution < 1.29 is 9.59 Å². The molecule has 0 aliphatic heterocycles. The molecule has 172 valence electrons. The van der Waals surface area contributed by atoms with Crippen LogP contribution in [0.2, 0.25) is 0 Å². The molecule has 1 aliphatic rings. The van der Waals surface area contributed by atoms with Gasteiger partial charge in [0.15, 0.2) is 11.6 Å². The smallest absolute Gasteiger partial charge is 0.196 e. The number of hydrogen-bond donors (Lipinski definition) is 2. The zero-order valence-electron chi connectivity index (χ0n) is 19.8. The van der Waals surface area contributed by atoms with Gasteiger partial charge in [0, 0.05) is 35.6 Å². The average Bonchev–Trinajstić information content (AvgIpc) is 2.82. The van der Waals surface area contributed by atoms with Gasteiger partial charge in [-0.25, -0.2) is 0 Å². The number of anilines is 2. The molecule has 1 aliphatic carbocycles. The number of carbonyl (C=O) groups is 2. The molecule has 32 heavy (non-hydrogen) atoms. The van der Waals surface area contributed by atoms with Crippen LogP contribution in [0, 0.1) is 0 Å². The summed E-state index contributed by atoms with van der Waals surface area (Å²) in [5.41, 5.74) is 3.62. The quantitative estimate of drug-likeness (QED) is 0.263. The van der Waals surface area contributed by atoms with Gasteiger partial charge in [-0.3, -0.25) is 9.59 Å². The second-order valence-corrected chi connectivity index (χ2v) is 8.80. The number of nitrogens with one attached hydrogen (secondary N) is 2. The molecule has 0 atom stereocenters. The van der Waals surface area contributed by atoms with Crippen LogP contribution < -0.4 is 10.6 Å². The van der Waals surface area contributed by atoms with E-state index >= 15 is 0 Å². The molecule has 0 heterocycles. The van der Waals surface area contributed by atoms with Crippen LogP contribution in [0.4, 0.5) is 11.4 Å². The first-order valence-electron chi connectivity index (χ1n) is 12.5. The topological polar surface area (TPSA) is 58.2 Å². The first kappa shape index (κ1) is 24.0. The standard InChI is InChI=1S/C28H38N2O2/c1-3-5-7-9-13-19-29-23-17-18-24(30-20-14-10-8-6-4-2)26-25(23)27(31)21-15-11-12-16-22(21)28(26)32/h11-12,15-18,29-30H,3-10,13-14,19-20H2,1-2H3. The first-order valence-corrected chi connectivity index (χ1v) is 12.5. The van der Waals surface area contributed by atoms with Crippen LogP contribution >= 0.6 is 0 Å². The van der Waals surface area contributed by atoms with Crippen molar-refractivity contribution in [2.75, 3.05) is 23.7 Å². The molecular formula is C28H38N2O2. The van der Waals surface area contributed by atoms with E-state index in [1.165, 1.54) is 51.4 Å². The van der Waals surface area contributed by atoms with Gasteiger partial charge in [0.2, 0.25) is 0 Å². The van der Waals surface area contributed by atoms with Crippen molar-refractivity contribution in [3.63, 3.8) is 0 Å². The van der Waals surface area contributed by atoms with Crippen molar-refractivity contribution in [1.29, 1.82) is 0 Å². The maximum Gasteiger partial charge on any atom is 0.196 e. The summed E-state index contributed by atoms with van der Waals surface area (Å²) in [6, 6.07) is 11.1. The highest BCUT2D eigenvalue weighted by Gasteiger charge is 2.33. The van der Waals surface area contributed by atoms with Gasteiger partial charge in [0.25, 0.3) is 0 Å². The number of carbonyl (C=O) groups excluding carboxylic acids is 2. The zero-order valence-corrected chi connectivity index (χ0v) is 19.8. The lowest BCUT2D eigenvalue weighted by Crippen LogP contribution is -2.24. The van der Waals surface area contributed by atoms with E-state index in [0.717, 1.165) is 37.3 Å². The van der Waals surface area contributed by atoms with E-state index < -0.39 is 0 Å². The molecule has 0 fully saturated rings. The zero-order chi connectivity index (χ0) is 22.8. The lowest BCUT2D eigenvalue weighted by Gasteiger charge is -2.24. The van der Waals surface area contributed by atoms with Gasteiger partial charge in [-0.05, 0) is 25.0 Å². The molecule has 0 aromatic heterocycles. The Morgan fingerprint density at radius 3 is 1.38 bits per heavy atom. The SMILES string of the molecule is CCCCCCCNc1ccc(NCCCCCCC)c2c1C(=O)c1ccccc1C2=O. The number of ketones is 2. The Kier molecular flexibility index (Phi) is 9.33. The molecule has 0 spiro atoms. The Morgan fingerprint density at radius 1 is 0.562 bits per heavy atom. The van der Waals surface area contributed by atoms with Gasteiger partial charge in [-0.15, -0.1) is 0 Å². The van der Waals surface area contributed by atoms with Gasteiger partial charge in [0.05, 0.1) is 11.1 Å². The minimum atomic E-state index is -0.0599. The van der Waals surface area contributed by atoms with Crippen molar-refractivity contribution in [3.05, 3.63) is 58.7 Å². The number of benzene rings is 2. The lowest BCUT2D eigenvalue weighted by molar-refractivity contribution is 0.0980. The molecular weight excluding hydrogens is 396 g/mol. The van der Waals surface area contributed by atoms with Crippen molar-refractivity contribution in [2.24, 2.45) is 0 Å². The van der Waals surface area contributed by atoms with Crippen LogP contribution in [0.1, 0.15) is 110 Å². The Hall–Kier alpha value is -2.62. The number of rotatable bonds is 14. The molecule has 2 aromatic carbocycles. The third kappa shape index (κ3) is 5.79. The van der Waals surface area contributed by atoms with E-state index in [9.17, 15) is 9.59 Å². The minimum Gasteiger partial charge on any atom is -0.384 e. The van der Waals surface area contributed by atoms with Gasteiger partial charge in [-0.1, -0.05) is 89.5 Å². The van der Waals surface area contributed by atoms with Crippen LogP contribution in [-0.4, -0.2) is 24.7 Å². The Bertz CT molecular complexity index is 846. The fourth-order valence-corrected chi connectivity index (χ4v) is 4.42.